The predicted octanol–water partition coefficient (Wildman–Crippen LogP) is 7.08. The summed E-state index contributed by atoms with van der Waals surface area (Å²) >= 11 is 0. The first-order valence-corrected chi connectivity index (χ1v) is 10.6. The molecule has 1 rings (SSSR count). The average Bonchev–Trinajstić information content (AvgIpc) is 2.64. The molecule has 0 aliphatic carbocycles. The van der Waals surface area contributed by atoms with Crippen molar-refractivity contribution in [3.05, 3.63) is 89.8 Å². The van der Waals surface area contributed by atoms with Crippen molar-refractivity contribution in [2.75, 3.05) is 7.05 Å². The lowest BCUT2D eigenvalue weighted by molar-refractivity contribution is 0.744. The summed E-state index contributed by atoms with van der Waals surface area (Å²) < 4.78 is 0. The molecule has 1 aromatic rings. The number of hydrogen-bond acceptors (Lipinski definition) is 1. The second-order valence-electron chi connectivity index (χ2n) is 6.70. The standard InChI is InChI=1S/C25H34NP/c1-8-14-20(4)25(26-7)22(6)23(9-2)17-12-11-16-21(5)27-24-18-13-10-15-19(24)3/h8-10,13-15,18,27H,1,5-6,11-12,16-17H2,2-4,7H3/b20-14+,23-9-,26-25-. The summed E-state index contributed by atoms with van der Waals surface area (Å²) in [6.07, 6.45) is 10.3. The quantitative estimate of drug-likeness (QED) is 0.169. The molecule has 0 N–H and O–H groups in total. The van der Waals surface area contributed by atoms with Crippen LogP contribution >= 0.6 is 8.58 Å². The van der Waals surface area contributed by atoms with Gasteiger partial charge in [0, 0.05) is 7.05 Å². The van der Waals surface area contributed by atoms with Crippen LogP contribution in [0.25, 0.3) is 0 Å². The van der Waals surface area contributed by atoms with E-state index in [1.54, 1.807) is 6.08 Å². The van der Waals surface area contributed by atoms with Crippen molar-refractivity contribution < 1.29 is 0 Å². The zero-order valence-corrected chi connectivity index (χ0v) is 18.4. The Bertz CT molecular complexity index is 762. The lowest BCUT2D eigenvalue weighted by Gasteiger charge is -2.14. The maximum Gasteiger partial charge on any atom is 0.0668 e. The van der Waals surface area contributed by atoms with Crippen molar-refractivity contribution in [3.8, 4) is 0 Å². The van der Waals surface area contributed by atoms with Gasteiger partial charge in [-0.15, -0.1) is 0 Å². The summed E-state index contributed by atoms with van der Waals surface area (Å²) in [7, 11) is 2.53. The van der Waals surface area contributed by atoms with Crippen molar-refractivity contribution in [1.82, 2.24) is 0 Å². The van der Waals surface area contributed by atoms with Gasteiger partial charge in [-0.1, -0.05) is 76.1 Å². The fraction of sp³-hybridized carbons (Fsp3) is 0.320. The molecule has 0 saturated carbocycles. The SMILES string of the molecule is C=C/C=C(C)/C(=N/C)C(=C)/C(=C\C)CCCCC(=C)Pc1ccccc1C. The number of rotatable bonds is 11. The molecule has 0 bridgehead atoms. The summed E-state index contributed by atoms with van der Waals surface area (Å²) in [4.78, 5) is 4.43. The average molecular weight is 380 g/mol. The topological polar surface area (TPSA) is 12.4 Å². The van der Waals surface area contributed by atoms with Gasteiger partial charge in [0.15, 0.2) is 0 Å². The number of aryl methyl sites for hydroxylation is 1. The van der Waals surface area contributed by atoms with Gasteiger partial charge in [0.1, 0.15) is 0 Å². The zero-order chi connectivity index (χ0) is 20.2. The van der Waals surface area contributed by atoms with Gasteiger partial charge in [-0.2, -0.15) is 0 Å². The van der Waals surface area contributed by atoms with Crippen LogP contribution in [0.2, 0.25) is 0 Å². The van der Waals surface area contributed by atoms with Crippen molar-refractivity contribution in [2.24, 2.45) is 4.99 Å². The van der Waals surface area contributed by atoms with Crippen molar-refractivity contribution in [1.29, 1.82) is 0 Å². The number of aliphatic imine (C=N–C) groups is 1. The maximum absolute atomic E-state index is 4.43. The molecule has 0 fully saturated rings. The van der Waals surface area contributed by atoms with Gasteiger partial charge in [0.2, 0.25) is 0 Å². The Labute approximate surface area is 168 Å². The Hall–Kier alpha value is -1.98. The third-order valence-electron chi connectivity index (χ3n) is 4.62. The molecule has 1 atom stereocenters. The Morgan fingerprint density at radius 1 is 1.15 bits per heavy atom. The molecule has 144 valence electrons. The Kier molecular flexibility index (Phi) is 10.6. The van der Waals surface area contributed by atoms with E-state index >= 15 is 0 Å². The zero-order valence-electron chi connectivity index (χ0n) is 17.4. The van der Waals surface area contributed by atoms with Gasteiger partial charge < -0.3 is 0 Å². The molecule has 0 amide bonds. The first-order valence-electron chi connectivity index (χ1n) is 9.56. The van der Waals surface area contributed by atoms with E-state index in [1.807, 2.05) is 13.1 Å². The lowest BCUT2D eigenvalue weighted by Crippen LogP contribution is -2.06. The Balaban J connectivity index is 2.53. The first kappa shape index (κ1) is 23.1. The normalized spacial score (nSPS) is 13.3. The van der Waals surface area contributed by atoms with Gasteiger partial charge in [-0.3, -0.25) is 4.99 Å². The fourth-order valence-corrected chi connectivity index (χ4v) is 4.19. The van der Waals surface area contributed by atoms with Crippen LogP contribution in [0.3, 0.4) is 0 Å². The van der Waals surface area contributed by atoms with Crippen LogP contribution < -0.4 is 5.30 Å². The van der Waals surface area contributed by atoms with E-state index in [4.69, 9.17) is 0 Å². The maximum atomic E-state index is 4.43. The summed E-state index contributed by atoms with van der Waals surface area (Å²) in [5.74, 6) is 0. The van der Waals surface area contributed by atoms with E-state index in [9.17, 15) is 0 Å². The smallest absolute Gasteiger partial charge is 0.0668 e. The third kappa shape index (κ3) is 7.65. The highest BCUT2D eigenvalue weighted by atomic mass is 31.1. The number of unbranched alkanes of at least 4 members (excludes halogenated alkanes) is 1. The van der Waals surface area contributed by atoms with Crippen LogP contribution in [-0.2, 0) is 0 Å². The van der Waals surface area contributed by atoms with Gasteiger partial charge in [0.25, 0.3) is 0 Å². The number of benzene rings is 1. The van der Waals surface area contributed by atoms with Gasteiger partial charge in [0.05, 0.1) is 5.71 Å². The molecule has 27 heavy (non-hydrogen) atoms. The second kappa shape index (κ2) is 12.4. The predicted molar refractivity (Wildman–Crippen MR) is 127 cm³/mol. The monoisotopic (exact) mass is 379 g/mol. The highest BCUT2D eigenvalue weighted by Crippen LogP contribution is 2.28. The minimum absolute atomic E-state index is 0.708. The molecular formula is C25H34NP. The Morgan fingerprint density at radius 3 is 2.41 bits per heavy atom. The number of allylic oxidation sites excluding steroid dienone is 7. The fourth-order valence-electron chi connectivity index (χ4n) is 3.05. The molecule has 2 heteroatoms. The molecule has 0 radical (unpaired) electrons. The van der Waals surface area contributed by atoms with E-state index in [0.29, 0.717) is 8.58 Å². The third-order valence-corrected chi connectivity index (χ3v) is 6.05. The molecule has 0 aliphatic heterocycles. The second-order valence-corrected chi connectivity index (χ2v) is 8.20. The molecule has 1 nitrogen and oxygen atoms in total. The van der Waals surface area contributed by atoms with Gasteiger partial charge in [-0.05, 0) is 74.0 Å². The molecule has 0 heterocycles. The van der Waals surface area contributed by atoms with Crippen LogP contribution in [0.1, 0.15) is 45.1 Å². The van der Waals surface area contributed by atoms with E-state index in [-0.39, 0.29) is 0 Å². The van der Waals surface area contributed by atoms with Crippen LogP contribution in [0.15, 0.2) is 89.3 Å². The number of nitrogens with zero attached hydrogens (tertiary/aromatic N) is 1. The van der Waals surface area contributed by atoms with Crippen LogP contribution in [0.4, 0.5) is 0 Å². The summed E-state index contributed by atoms with van der Waals surface area (Å²) in [6.45, 7) is 18.7. The number of hydrogen-bond donors (Lipinski definition) is 0. The van der Waals surface area contributed by atoms with E-state index in [2.05, 4.69) is 75.8 Å². The summed E-state index contributed by atoms with van der Waals surface area (Å²) in [6, 6.07) is 8.60. The minimum atomic E-state index is 0.708. The minimum Gasteiger partial charge on any atom is -0.288 e. The summed E-state index contributed by atoms with van der Waals surface area (Å²) in [5, 5.41) is 2.75. The molecule has 0 aromatic heterocycles. The molecule has 1 unspecified atom stereocenters. The molecule has 0 saturated heterocycles. The van der Waals surface area contributed by atoms with Crippen molar-refractivity contribution in [2.45, 2.75) is 46.5 Å². The van der Waals surface area contributed by atoms with E-state index in [0.717, 1.165) is 42.5 Å². The van der Waals surface area contributed by atoms with Crippen molar-refractivity contribution in [3.63, 3.8) is 0 Å². The van der Waals surface area contributed by atoms with Crippen LogP contribution in [0.5, 0.6) is 0 Å². The summed E-state index contributed by atoms with van der Waals surface area (Å²) in [5.41, 5.74) is 5.73. The van der Waals surface area contributed by atoms with Gasteiger partial charge >= 0.3 is 0 Å². The molecular weight excluding hydrogens is 345 g/mol. The lowest BCUT2D eigenvalue weighted by atomic mass is 9.93. The molecule has 0 spiro atoms. The van der Waals surface area contributed by atoms with Crippen LogP contribution in [-0.4, -0.2) is 12.8 Å². The van der Waals surface area contributed by atoms with Crippen LogP contribution in [0, 0.1) is 6.92 Å². The van der Waals surface area contributed by atoms with E-state index in [1.165, 1.54) is 21.8 Å². The molecule has 1 aromatic carbocycles. The molecule has 0 aliphatic rings. The first-order chi connectivity index (χ1) is 12.9. The Morgan fingerprint density at radius 2 is 1.81 bits per heavy atom. The largest absolute Gasteiger partial charge is 0.288 e. The van der Waals surface area contributed by atoms with E-state index < -0.39 is 0 Å². The highest BCUT2D eigenvalue weighted by molar-refractivity contribution is 7.51. The van der Waals surface area contributed by atoms with Crippen molar-refractivity contribution >= 4 is 19.6 Å². The van der Waals surface area contributed by atoms with Gasteiger partial charge in [-0.25, -0.2) is 0 Å². The highest BCUT2D eigenvalue weighted by Gasteiger charge is 2.10.